The van der Waals surface area contributed by atoms with E-state index in [9.17, 15) is 14.7 Å². The number of carbonyl (C=O) groups excluding carboxylic acids is 1. The number of carboxylic acids is 1. The first-order valence-corrected chi connectivity index (χ1v) is 7.29. The molecule has 0 aromatic heterocycles. The van der Waals surface area contributed by atoms with Crippen LogP contribution in [0, 0.1) is 23.2 Å². The number of carbonyl (C=O) groups is 2. The van der Waals surface area contributed by atoms with Gasteiger partial charge in [0, 0.05) is 18.8 Å². The van der Waals surface area contributed by atoms with Crippen molar-refractivity contribution in [2.75, 3.05) is 0 Å². The second kappa shape index (κ2) is 5.23. The average molecular weight is 268 g/mol. The second-order valence-electron chi connectivity index (χ2n) is 6.54. The lowest BCUT2D eigenvalue weighted by molar-refractivity contribution is -0.139. The van der Waals surface area contributed by atoms with Gasteiger partial charge in [0.1, 0.15) is 5.78 Å². The molecule has 2 N–H and O–H groups in total. The zero-order valence-electron chi connectivity index (χ0n) is 11.8. The van der Waals surface area contributed by atoms with Gasteiger partial charge in [0.15, 0.2) is 0 Å². The van der Waals surface area contributed by atoms with Crippen molar-refractivity contribution < 1.29 is 19.8 Å². The van der Waals surface area contributed by atoms with Crippen LogP contribution in [0.5, 0.6) is 0 Å². The molecule has 0 aromatic carbocycles. The van der Waals surface area contributed by atoms with Crippen LogP contribution in [0.1, 0.15) is 52.4 Å². The van der Waals surface area contributed by atoms with Crippen LogP contribution in [0.4, 0.5) is 0 Å². The minimum absolute atomic E-state index is 0.00521. The molecular formula is C15H24O4. The van der Waals surface area contributed by atoms with E-state index in [-0.39, 0.29) is 41.5 Å². The zero-order chi connectivity index (χ0) is 14.2. The predicted molar refractivity (Wildman–Crippen MR) is 70.6 cm³/mol. The fourth-order valence-electron chi connectivity index (χ4n) is 4.56. The second-order valence-corrected chi connectivity index (χ2v) is 6.54. The highest BCUT2D eigenvalue weighted by Crippen LogP contribution is 2.58. The number of rotatable bonds is 4. The minimum atomic E-state index is -0.829. The van der Waals surface area contributed by atoms with E-state index >= 15 is 0 Å². The van der Waals surface area contributed by atoms with E-state index in [1.807, 2.05) is 6.92 Å². The van der Waals surface area contributed by atoms with Crippen LogP contribution in [0.2, 0.25) is 0 Å². The fourth-order valence-corrected chi connectivity index (χ4v) is 4.56. The van der Waals surface area contributed by atoms with Gasteiger partial charge in [0.05, 0.1) is 6.10 Å². The van der Waals surface area contributed by atoms with Crippen molar-refractivity contribution in [1.29, 1.82) is 0 Å². The summed E-state index contributed by atoms with van der Waals surface area (Å²) in [5.41, 5.74) is 0.00521. The van der Waals surface area contributed by atoms with E-state index in [1.165, 1.54) is 0 Å². The summed E-state index contributed by atoms with van der Waals surface area (Å²) in [6.45, 7) is 4.02. The van der Waals surface area contributed by atoms with Gasteiger partial charge < -0.3 is 10.2 Å². The molecule has 1 unspecified atom stereocenters. The van der Waals surface area contributed by atoms with E-state index in [0.717, 1.165) is 19.3 Å². The standard InChI is InChI=1S/C15H24O4/c1-9(16)11-4-5-12-10(3-6-14(18)19)13(17)7-8-15(11,12)2/h9-12,16H,3-8H2,1-2H3,(H,18,19)/t9?,10-,11+,12-,15+/m0/s1. The monoisotopic (exact) mass is 268 g/mol. The van der Waals surface area contributed by atoms with E-state index < -0.39 is 5.97 Å². The highest BCUT2D eigenvalue weighted by molar-refractivity contribution is 5.83. The predicted octanol–water partition coefficient (Wildman–Crippen LogP) is 2.24. The van der Waals surface area contributed by atoms with Crippen LogP contribution < -0.4 is 0 Å². The Morgan fingerprint density at radius 1 is 1.47 bits per heavy atom. The summed E-state index contributed by atoms with van der Waals surface area (Å²) in [6, 6.07) is 0. The smallest absolute Gasteiger partial charge is 0.303 e. The summed E-state index contributed by atoms with van der Waals surface area (Å²) in [7, 11) is 0. The fraction of sp³-hybridized carbons (Fsp3) is 0.867. The molecule has 0 bridgehead atoms. The van der Waals surface area contributed by atoms with Gasteiger partial charge in [0.2, 0.25) is 0 Å². The lowest BCUT2D eigenvalue weighted by Crippen LogP contribution is -2.44. The average Bonchev–Trinajstić information content (AvgIpc) is 2.66. The Kier molecular flexibility index (Phi) is 4.00. The molecule has 2 aliphatic rings. The van der Waals surface area contributed by atoms with Crippen LogP contribution >= 0.6 is 0 Å². The van der Waals surface area contributed by atoms with Gasteiger partial charge in [-0.2, -0.15) is 0 Å². The molecule has 0 radical (unpaired) electrons. The van der Waals surface area contributed by atoms with Gasteiger partial charge in [-0.3, -0.25) is 9.59 Å². The third kappa shape index (κ3) is 2.55. The highest BCUT2D eigenvalue weighted by atomic mass is 16.4. The highest BCUT2D eigenvalue weighted by Gasteiger charge is 2.54. The number of carboxylic acid groups (broad SMARTS) is 1. The number of fused-ring (bicyclic) bond motifs is 1. The van der Waals surface area contributed by atoms with E-state index in [4.69, 9.17) is 5.11 Å². The lowest BCUT2D eigenvalue weighted by Gasteiger charge is -2.45. The molecule has 0 saturated heterocycles. The maximum Gasteiger partial charge on any atom is 0.303 e. The summed E-state index contributed by atoms with van der Waals surface area (Å²) >= 11 is 0. The molecule has 0 amide bonds. The molecule has 2 fully saturated rings. The third-order valence-electron chi connectivity index (χ3n) is 5.54. The van der Waals surface area contributed by atoms with E-state index in [0.29, 0.717) is 12.8 Å². The first kappa shape index (κ1) is 14.5. The van der Waals surface area contributed by atoms with Crippen LogP contribution in [-0.2, 0) is 9.59 Å². The Balaban J connectivity index is 2.16. The summed E-state index contributed by atoms with van der Waals surface area (Å²) in [6.07, 6.45) is 3.47. The van der Waals surface area contributed by atoms with Gasteiger partial charge in [-0.25, -0.2) is 0 Å². The van der Waals surface area contributed by atoms with Crippen molar-refractivity contribution in [3.8, 4) is 0 Å². The van der Waals surface area contributed by atoms with Crippen molar-refractivity contribution in [1.82, 2.24) is 0 Å². The number of aliphatic carboxylic acids is 1. The van der Waals surface area contributed by atoms with Gasteiger partial charge in [-0.15, -0.1) is 0 Å². The van der Waals surface area contributed by atoms with Crippen LogP contribution in [-0.4, -0.2) is 28.1 Å². The Hall–Kier alpha value is -0.900. The molecule has 4 nitrogen and oxygen atoms in total. The van der Waals surface area contributed by atoms with Crippen molar-refractivity contribution in [2.45, 2.75) is 58.5 Å². The normalized spacial score (nSPS) is 39.9. The molecular weight excluding hydrogens is 244 g/mol. The van der Waals surface area contributed by atoms with Crippen LogP contribution in [0.25, 0.3) is 0 Å². The lowest BCUT2D eigenvalue weighted by atomic mass is 9.59. The molecule has 0 heterocycles. The largest absolute Gasteiger partial charge is 0.481 e. The Morgan fingerprint density at radius 3 is 2.74 bits per heavy atom. The Labute approximate surface area is 114 Å². The van der Waals surface area contributed by atoms with Gasteiger partial charge in [0.25, 0.3) is 0 Å². The molecule has 19 heavy (non-hydrogen) atoms. The zero-order valence-corrected chi connectivity index (χ0v) is 11.8. The summed E-state index contributed by atoms with van der Waals surface area (Å²) in [5, 5.41) is 18.8. The van der Waals surface area contributed by atoms with E-state index in [1.54, 1.807) is 0 Å². The molecule has 5 atom stereocenters. The van der Waals surface area contributed by atoms with Gasteiger partial charge >= 0.3 is 5.97 Å². The maximum absolute atomic E-state index is 12.1. The minimum Gasteiger partial charge on any atom is -0.481 e. The molecule has 108 valence electrons. The molecule has 0 spiro atoms. The molecule has 2 rings (SSSR count). The van der Waals surface area contributed by atoms with Crippen molar-refractivity contribution in [2.24, 2.45) is 23.2 Å². The van der Waals surface area contributed by atoms with Crippen molar-refractivity contribution in [3.05, 3.63) is 0 Å². The van der Waals surface area contributed by atoms with Crippen LogP contribution in [0.3, 0.4) is 0 Å². The molecule has 0 aliphatic heterocycles. The number of hydrogen-bond acceptors (Lipinski definition) is 3. The first-order valence-electron chi connectivity index (χ1n) is 7.29. The number of Topliss-reactive ketones (excluding diaryl/α,β-unsaturated/α-hetero) is 1. The van der Waals surface area contributed by atoms with Crippen LogP contribution in [0.15, 0.2) is 0 Å². The summed E-state index contributed by atoms with van der Waals surface area (Å²) in [4.78, 5) is 22.9. The number of aliphatic hydroxyl groups is 1. The molecule has 2 saturated carbocycles. The topological polar surface area (TPSA) is 74.6 Å². The number of aliphatic hydroxyl groups excluding tert-OH is 1. The molecule has 2 aliphatic carbocycles. The number of ketones is 1. The Bertz CT molecular complexity index is 376. The SMILES string of the molecule is CC(O)[C@H]1CC[C@H]2[C@H](CCC(=O)O)C(=O)CC[C@]12C. The van der Waals surface area contributed by atoms with Gasteiger partial charge in [-0.1, -0.05) is 6.92 Å². The Morgan fingerprint density at radius 2 is 2.16 bits per heavy atom. The number of hydrogen-bond donors (Lipinski definition) is 2. The first-order chi connectivity index (χ1) is 8.86. The summed E-state index contributed by atoms with van der Waals surface area (Å²) < 4.78 is 0. The molecule has 4 heteroatoms. The van der Waals surface area contributed by atoms with Gasteiger partial charge in [-0.05, 0) is 49.9 Å². The molecule has 0 aromatic rings. The van der Waals surface area contributed by atoms with E-state index in [2.05, 4.69) is 6.92 Å². The third-order valence-corrected chi connectivity index (χ3v) is 5.54. The summed E-state index contributed by atoms with van der Waals surface area (Å²) in [5.74, 6) is -0.204. The quantitative estimate of drug-likeness (QED) is 0.820. The van der Waals surface area contributed by atoms with Crippen molar-refractivity contribution in [3.63, 3.8) is 0 Å². The maximum atomic E-state index is 12.1. The van der Waals surface area contributed by atoms with Crippen molar-refractivity contribution >= 4 is 11.8 Å².